The van der Waals surface area contributed by atoms with Crippen molar-refractivity contribution in [3.63, 3.8) is 0 Å². The largest absolute Gasteiger partial charge is 0.481 e. The summed E-state index contributed by atoms with van der Waals surface area (Å²) in [4.78, 5) is 10.4. The van der Waals surface area contributed by atoms with Gasteiger partial charge >= 0.3 is 5.97 Å². The molecule has 7 heteroatoms. The summed E-state index contributed by atoms with van der Waals surface area (Å²) in [7, 11) is 0. The molecule has 0 unspecified atom stereocenters. The number of fused-ring (bicyclic) bond motifs is 1. The number of carboxylic acid groups (broad SMARTS) is 1. The van der Waals surface area contributed by atoms with E-state index in [2.05, 4.69) is 5.32 Å². The number of carboxylic acids is 1. The van der Waals surface area contributed by atoms with Crippen LogP contribution in [0.2, 0.25) is 0 Å². The molecule has 0 atom stereocenters. The van der Waals surface area contributed by atoms with Gasteiger partial charge in [0.2, 0.25) is 0 Å². The van der Waals surface area contributed by atoms with Crippen molar-refractivity contribution in [2.24, 2.45) is 0 Å². The standard InChI is InChI=1S/C20H20F3NO2S/c1-20(2)10-12-6-13(21)9-14(18(12)24-20)11-7-15(22)19(16(23)8-11)27-5-3-4-17(25)26/h6-9,24H,3-5,10H2,1-2H3,(H,25,26). The smallest absolute Gasteiger partial charge is 0.303 e. The normalized spacial score (nSPS) is 14.7. The number of rotatable bonds is 6. The second-order valence-corrected chi connectivity index (χ2v) is 8.39. The van der Waals surface area contributed by atoms with Crippen LogP contribution in [0.25, 0.3) is 11.1 Å². The minimum Gasteiger partial charge on any atom is -0.481 e. The van der Waals surface area contributed by atoms with E-state index < -0.39 is 23.4 Å². The molecule has 1 aliphatic heterocycles. The second kappa shape index (κ2) is 7.46. The van der Waals surface area contributed by atoms with Crippen LogP contribution in [0, 0.1) is 17.5 Å². The van der Waals surface area contributed by atoms with Gasteiger partial charge in [-0.25, -0.2) is 13.2 Å². The third-order valence-corrected chi connectivity index (χ3v) is 5.54. The molecule has 0 fully saturated rings. The van der Waals surface area contributed by atoms with E-state index in [0.29, 0.717) is 29.8 Å². The van der Waals surface area contributed by atoms with Crippen molar-refractivity contribution < 1.29 is 23.1 Å². The van der Waals surface area contributed by atoms with Crippen LogP contribution < -0.4 is 5.32 Å². The maximum Gasteiger partial charge on any atom is 0.303 e. The van der Waals surface area contributed by atoms with E-state index in [0.717, 1.165) is 17.3 Å². The molecule has 1 aliphatic rings. The predicted octanol–water partition coefficient (Wildman–Crippen LogP) is 5.47. The van der Waals surface area contributed by atoms with Gasteiger partial charge in [0.25, 0.3) is 0 Å². The SMILES string of the molecule is CC1(C)Cc2cc(F)cc(-c3cc(F)c(SCCCC(=O)O)c(F)c3)c2N1. The average molecular weight is 395 g/mol. The van der Waals surface area contributed by atoms with Crippen LogP contribution in [0.5, 0.6) is 0 Å². The number of nitrogens with one attached hydrogen (secondary N) is 1. The van der Waals surface area contributed by atoms with Gasteiger partial charge in [-0.15, -0.1) is 11.8 Å². The van der Waals surface area contributed by atoms with Crippen molar-refractivity contribution >= 4 is 23.4 Å². The van der Waals surface area contributed by atoms with Crippen LogP contribution in [0.15, 0.2) is 29.2 Å². The van der Waals surface area contributed by atoms with Gasteiger partial charge in [-0.3, -0.25) is 4.79 Å². The summed E-state index contributed by atoms with van der Waals surface area (Å²) < 4.78 is 43.0. The molecule has 1 heterocycles. The lowest BCUT2D eigenvalue weighted by Gasteiger charge is -2.19. The molecule has 2 N–H and O–H groups in total. The molecule has 2 aromatic carbocycles. The lowest BCUT2D eigenvalue weighted by atomic mass is 9.97. The Morgan fingerprint density at radius 2 is 1.85 bits per heavy atom. The number of hydrogen-bond acceptors (Lipinski definition) is 3. The van der Waals surface area contributed by atoms with Crippen LogP contribution in [0.3, 0.4) is 0 Å². The monoisotopic (exact) mass is 395 g/mol. The Morgan fingerprint density at radius 1 is 1.19 bits per heavy atom. The molecular formula is C20H20F3NO2S. The summed E-state index contributed by atoms with van der Waals surface area (Å²) in [5.41, 5.74) is 1.91. The zero-order valence-corrected chi connectivity index (χ0v) is 15.9. The molecule has 27 heavy (non-hydrogen) atoms. The van der Waals surface area contributed by atoms with Crippen LogP contribution >= 0.6 is 11.8 Å². The highest BCUT2D eigenvalue weighted by Crippen LogP contribution is 2.41. The molecule has 0 aliphatic carbocycles. The summed E-state index contributed by atoms with van der Waals surface area (Å²) >= 11 is 0.945. The topological polar surface area (TPSA) is 49.3 Å². The first kappa shape index (κ1) is 19.6. The minimum atomic E-state index is -0.942. The first-order valence-electron chi connectivity index (χ1n) is 8.61. The zero-order chi connectivity index (χ0) is 19.8. The lowest BCUT2D eigenvalue weighted by molar-refractivity contribution is -0.137. The Balaban J connectivity index is 1.90. The third-order valence-electron chi connectivity index (χ3n) is 4.37. The number of halogens is 3. The Hall–Kier alpha value is -2.15. The molecule has 2 aromatic rings. The maximum absolute atomic E-state index is 14.5. The summed E-state index contributed by atoms with van der Waals surface area (Å²) in [5.74, 6) is -2.57. The molecule has 0 bridgehead atoms. The highest BCUT2D eigenvalue weighted by molar-refractivity contribution is 7.99. The Kier molecular flexibility index (Phi) is 5.42. The predicted molar refractivity (Wildman–Crippen MR) is 101 cm³/mol. The van der Waals surface area contributed by atoms with Crippen molar-refractivity contribution in [2.75, 3.05) is 11.1 Å². The molecule has 0 aromatic heterocycles. The molecule has 0 radical (unpaired) electrons. The van der Waals surface area contributed by atoms with E-state index in [1.165, 1.54) is 24.3 Å². The summed E-state index contributed by atoms with van der Waals surface area (Å²) in [6.07, 6.45) is 0.887. The number of anilines is 1. The fourth-order valence-corrected chi connectivity index (χ4v) is 4.17. The van der Waals surface area contributed by atoms with Gasteiger partial charge in [0.1, 0.15) is 17.5 Å². The van der Waals surface area contributed by atoms with Crippen LogP contribution in [0.4, 0.5) is 18.9 Å². The van der Waals surface area contributed by atoms with Gasteiger partial charge in [-0.2, -0.15) is 0 Å². The maximum atomic E-state index is 14.5. The highest BCUT2D eigenvalue weighted by Gasteiger charge is 2.30. The van der Waals surface area contributed by atoms with Crippen molar-refractivity contribution in [2.45, 2.75) is 43.5 Å². The van der Waals surface area contributed by atoms with Crippen molar-refractivity contribution in [3.05, 3.63) is 47.3 Å². The molecule has 0 spiro atoms. The van der Waals surface area contributed by atoms with Gasteiger partial charge in [-0.1, -0.05) is 0 Å². The van der Waals surface area contributed by atoms with Crippen molar-refractivity contribution in [1.82, 2.24) is 0 Å². The van der Waals surface area contributed by atoms with Crippen LogP contribution in [-0.2, 0) is 11.2 Å². The molecule has 144 valence electrons. The van der Waals surface area contributed by atoms with E-state index in [4.69, 9.17) is 5.11 Å². The molecule has 3 rings (SSSR count). The summed E-state index contributed by atoms with van der Waals surface area (Å²) in [5, 5.41) is 11.9. The summed E-state index contributed by atoms with van der Waals surface area (Å²) in [6, 6.07) is 5.12. The number of benzene rings is 2. The van der Waals surface area contributed by atoms with Crippen molar-refractivity contribution in [3.8, 4) is 11.1 Å². The molecule has 0 saturated heterocycles. The average Bonchev–Trinajstić information content (AvgIpc) is 2.85. The van der Waals surface area contributed by atoms with Gasteiger partial charge in [0.15, 0.2) is 0 Å². The van der Waals surface area contributed by atoms with Gasteiger partial charge in [-0.05, 0) is 67.8 Å². The number of aliphatic carboxylic acids is 1. The first-order chi connectivity index (χ1) is 12.7. The van der Waals surface area contributed by atoms with E-state index in [-0.39, 0.29) is 22.4 Å². The fourth-order valence-electron chi connectivity index (χ4n) is 3.29. The number of carbonyl (C=O) groups is 1. The quantitative estimate of drug-likeness (QED) is 0.503. The number of hydrogen-bond donors (Lipinski definition) is 2. The van der Waals surface area contributed by atoms with E-state index in [9.17, 15) is 18.0 Å². The van der Waals surface area contributed by atoms with Crippen LogP contribution in [0.1, 0.15) is 32.3 Å². The molecule has 0 amide bonds. The fraction of sp³-hybridized carbons (Fsp3) is 0.350. The third kappa shape index (κ3) is 4.40. The number of thioether (sulfide) groups is 1. The van der Waals surface area contributed by atoms with Crippen LogP contribution in [-0.4, -0.2) is 22.4 Å². The minimum absolute atomic E-state index is 0.0504. The van der Waals surface area contributed by atoms with E-state index >= 15 is 0 Å². The second-order valence-electron chi connectivity index (χ2n) is 7.29. The Bertz CT molecular complexity index is 876. The molecular weight excluding hydrogens is 375 g/mol. The lowest BCUT2D eigenvalue weighted by Crippen LogP contribution is -2.27. The van der Waals surface area contributed by atoms with Crippen molar-refractivity contribution in [1.29, 1.82) is 0 Å². The van der Waals surface area contributed by atoms with Gasteiger partial charge in [0.05, 0.1) is 4.90 Å². The molecule has 3 nitrogen and oxygen atoms in total. The highest BCUT2D eigenvalue weighted by atomic mass is 32.2. The molecule has 0 saturated carbocycles. The van der Waals surface area contributed by atoms with Gasteiger partial charge < -0.3 is 10.4 Å². The van der Waals surface area contributed by atoms with E-state index in [1.54, 1.807) is 0 Å². The van der Waals surface area contributed by atoms with Gasteiger partial charge in [0, 0.05) is 23.2 Å². The Labute approximate surface area is 160 Å². The Morgan fingerprint density at radius 3 is 2.48 bits per heavy atom. The first-order valence-corrected chi connectivity index (χ1v) is 9.59. The van der Waals surface area contributed by atoms with E-state index in [1.807, 2.05) is 13.8 Å². The zero-order valence-electron chi connectivity index (χ0n) is 15.0. The summed E-state index contributed by atoms with van der Waals surface area (Å²) in [6.45, 7) is 3.96.